The molecule has 0 radical (unpaired) electrons. The number of anilines is 1. The topological polar surface area (TPSA) is 70.6 Å². The van der Waals surface area contributed by atoms with Gasteiger partial charge in [0, 0.05) is 57.1 Å². The molecule has 1 amide bonds. The van der Waals surface area contributed by atoms with Crippen molar-refractivity contribution in [2.24, 2.45) is 5.92 Å². The molecule has 7 nitrogen and oxygen atoms in total. The van der Waals surface area contributed by atoms with E-state index >= 15 is 0 Å². The van der Waals surface area contributed by atoms with Crippen molar-refractivity contribution in [3.8, 4) is 0 Å². The zero-order valence-corrected chi connectivity index (χ0v) is 19.6. The van der Waals surface area contributed by atoms with E-state index in [1.807, 2.05) is 18.2 Å². The molecule has 1 aromatic carbocycles. The molecule has 170 valence electrons. The molecule has 0 spiro atoms. The van der Waals surface area contributed by atoms with Crippen LogP contribution >= 0.6 is 11.5 Å². The van der Waals surface area contributed by atoms with Crippen LogP contribution in [-0.2, 0) is 16.0 Å². The fourth-order valence-electron chi connectivity index (χ4n) is 3.61. The molecule has 0 saturated carbocycles. The Balaban J connectivity index is 1.43. The molecule has 2 heterocycles. The number of hydrogen-bond acceptors (Lipinski definition) is 7. The second-order valence-corrected chi connectivity index (χ2v) is 9.13. The normalized spacial score (nSPS) is 14.7. The lowest BCUT2D eigenvalue weighted by atomic mass is 10.1. The summed E-state index contributed by atoms with van der Waals surface area (Å²) in [5.41, 5.74) is 1.21. The maximum atomic E-state index is 12.4. The van der Waals surface area contributed by atoms with Crippen LogP contribution in [0.15, 0.2) is 30.3 Å². The van der Waals surface area contributed by atoms with E-state index in [1.54, 1.807) is 0 Å². The quantitative estimate of drug-likeness (QED) is 0.507. The minimum absolute atomic E-state index is 0.102. The lowest BCUT2D eigenvalue weighted by molar-refractivity contribution is -0.120. The van der Waals surface area contributed by atoms with E-state index in [0.717, 1.165) is 69.7 Å². The molecule has 1 N–H and O–H groups in total. The van der Waals surface area contributed by atoms with E-state index in [4.69, 9.17) is 9.72 Å². The monoisotopic (exact) mass is 445 g/mol. The van der Waals surface area contributed by atoms with Gasteiger partial charge in [0.2, 0.25) is 11.0 Å². The van der Waals surface area contributed by atoms with Crippen molar-refractivity contribution in [1.29, 1.82) is 0 Å². The van der Waals surface area contributed by atoms with Crippen LogP contribution in [0.5, 0.6) is 0 Å². The Kier molecular flexibility index (Phi) is 9.71. The molecule has 1 saturated heterocycles. The van der Waals surface area contributed by atoms with Gasteiger partial charge in [-0.3, -0.25) is 9.69 Å². The van der Waals surface area contributed by atoms with Crippen LogP contribution in [0.3, 0.4) is 0 Å². The third-order valence-electron chi connectivity index (χ3n) is 5.20. The van der Waals surface area contributed by atoms with Gasteiger partial charge in [0.1, 0.15) is 5.82 Å². The summed E-state index contributed by atoms with van der Waals surface area (Å²) in [5.74, 6) is 1.43. The minimum atomic E-state index is 0.102. The van der Waals surface area contributed by atoms with E-state index in [-0.39, 0.29) is 5.91 Å². The molecule has 1 aromatic heterocycles. The fraction of sp³-hybridized carbons (Fsp3) is 0.609. The highest BCUT2D eigenvalue weighted by atomic mass is 32.1. The van der Waals surface area contributed by atoms with Gasteiger partial charge in [-0.15, -0.1) is 0 Å². The summed E-state index contributed by atoms with van der Waals surface area (Å²) in [6, 6.07) is 10.3. The molecule has 0 bridgehead atoms. The van der Waals surface area contributed by atoms with E-state index in [9.17, 15) is 4.79 Å². The number of aromatic nitrogens is 2. The average molecular weight is 446 g/mol. The number of hydrogen-bond donors (Lipinski definition) is 1. The van der Waals surface area contributed by atoms with Crippen LogP contribution in [0, 0.1) is 5.92 Å². The molecule has 8 heteroatoms. The molecule has 1 aliphatic rings. The van der Waals surface area contributed by atoms with Gasteiger partial charge in [-0.25, -0.2) is 4.98 Å². The van der Waals surface area contributed by atoms with Crippen LogP contribution in [0.25, 0.3) is 0 Å². The first-order valence-electron chi connectivity index (χ1n) is 11.3. The summed E-state index contributed by atoms with van der Waals surface area (Å²) in [5, 5.41) is 3.97. The first-order valence-corrected chi connectivity index (χ1v) is 12.1. The molecule has 1 fully saturated rings. The van der Waals surface area contributed by atoms with Gasteiger partial charge in [-0.05, 0) is 24.4 Å². The Hall–Kier alpha value is -2.03. The molecular formula is C23H35N5O2S. The summed E-state index contributed by atoms with van der Waals surface area (Å²) in [6.45, 7) is 11.2. The third kappa shape index (κ3) is 8.55. The van der Waals surface area contributed by atoms with Crippen molar-refractivity contribution >= 4 is 22.6 Å². The molecule has 0 atom stereocenters. The van der Waals surface area contributed by atoms with E-state index in [1.165, 1.54) is 17.1 Å². The van der Waals surface area contributed by atoms with Gasteiger partial charge in [0.15, 0.2) is 0 Å². The molecule has 3 rings (SSSR count). The molecule has 1 aliphatic heterocycles. The van der Waals surface area contributed by atoms with Gasteiger partial charge in [-0.1, -0.05) is 44.2 Å². The third-order valence-corrected chi connectivity index (χ3v) is 6.02. The Morgan fingerprint density at radius 1 is 1.26 bits per heavy atom. The van der Waals surface area contributed by atoms with E-state index in [2.05, 4.69) is 45.5 Å². The molecule has 31 heavy (non-hydrogen) atoms. The van der Waals surface area contributed by atoms with Gasteiger partial charge in [-0.2, -0.15) is 4.37 Å². The van der Waals surface area contributed by atoms with Crippen molar-refractivity contribution in [3.05, 3.63) is 41.7 Å². The lowest BCUT2D eigenvalue weighted by Gasteiger charge is -2.26. The summed E-state index contributed by atoms with van der Waals surface area (Å²) >= 11 is 1.43. The van der Waals surface area contributed by atoms with Crippen LogP contribution in [0.1, 0.15) is 38.1 Å². The molecule has 2 aromatic rings. The van der Waals surface area contributed by atoms with Crippen LogP contribution in [0.2, 0.25) is 0 Å². The number of nitrogens with zero attached hydrogens (tertiary/aromatic N) is 4. The predicted octanol–water partition coefficient (Wildman–Crippen LogP) is 2.82. The first kappa shape index (κ1) is 23.6. The second-order valence-electron chi connectivity index (χ2n) is 8.40. The Morgan fingerprint density at radius 2 is 2.03 bits per heavy atom. The highest BCUT2D eigenvalue weighted by molar-refractivity contribution is 7.09. The average Bonchev–Trinajstić information content (AvgIpc) is 3.24. The van der Waals surface area contributed by atoms with Crippen molar-refractivity contribution < 1.29 is 9.53 Å². The van der Waals surface area contributed by atoms with Gasteiger partial charge in [0.05, 0.1) is 13.2 Å². The van der Waals surface area contributed by atoms with Gasteiger partial charge in [0.25, 0.3) is 0 Å². The van der Waals surface area contributed by atoms with Crippen molar-refractivity contribution in [3.63, 3.8) is 0 Å². The minimum Gasteiger partial charge on any atom is -0.379 e. The second kappa shape index (κ2) is 12.7. The smallest absolute Gasteiger partial charge is 0.221 e. The molecule has 0 aliphatic carbocycles. The SMILES string of the molecule is CC(C)CN(CCC(=O)NCCCN1CCOCC1)c1nc(Cc2ccccc2)ns1. The largest absolute Gasteiger partial charge is 0.379 e. The van der Waals surface area contributed by atoms with Crippen LogP contribution < -0.4 is 10.2 Å². The lowest BCUT2D eigenvalue weighted by Crippen LogP contribution is -2.38. The Bertz CT molecular complexity index is 777. The summed E-state index contributed by atoms with van der Waals surface area (Å²) in [4.78, 5) is 21.7. The van der Waals surface area contributed by atoms with Crippen molar-refractivity contribution in [2.75, 3.05) is 57.4 Å². The maximum absolute atomic E-state index is 12.4. The number of nitrogens with one attached hydrogen (secondary N) is 1. The standard InChI is InChI=1S/C23H35N5O2S/c1-19(2)18-28(23-25-21(26-31-23)17-20-7-4-3-5-8-20)12-9-22(29)24-10-6-11-27-13-15-30-16-14-27/h3-5,7-8,19H,6,9-18H2,1-2H3,(H,24,29). The Morgan fingerprint density at radius 3 is 2.77 bits per heavy atom. The summed E-state index contributed by atoms with van der Waals surface area (Å²) in [6.07, 6.45) is 2.18. The summed E-state index contributed by atoms with van der Waals surface area (Å²) in [7, 11) is 0. The zero-order chi connectivity index (χ0) is 21.9. The Labute approximate surface area is 190 Å². The number of carbonyl (C=O) groups excluding carboxylic acids is 1. The van der Waals surface area contributed by atoms with Crippen LogP contribution in [0.4, 0.5) is 5.13 Å². The summed E-state index contributed by atoms with van der Waals surface area (Å²) < 4.78 is 9.92. The van der Waals surface area contributed by atoms with Crippen molar-refractivity contribution in [1.82, 2.24) is 19.6 Å². The number of amides is 1. The molecular weight excluding hydrogens is 410 g/mol. The first-order chi connectivity index (χ1) is 15.1. The van der Waals surface area contributed by atoms with Crippen LogP contribution in [-0.4, -0.2) is 72.6 Å². The van der Waals surface area contributed by atoms with E-state index < -0.39 is 0 Å². The van der Waals surface area contributed by atoms with Crippen molar-refractivity contribution in [2.45, 2.75) is 33.1 Å². The maximum Gasteiger partial charge on any atom is 0.221 e. The highest BCUT2D eigenvalue weighted by Crippen LogP contribution is 2.20. The highest BCUT2D eigenvalue weighted by Gasteiger charge is 2.16. The molecule has 0 unspecified atom stereocenters. The number of rotatable bonds is 12. The number of morpholine rings is 1. The van der Waals surface area contributed by atoms with Gasteiger partial charge >= 0.3 is 0 Å². The fourth-order valence-corrected chi connectivity index (χ4v) is 4.33. The number of ether oxygens (including phenoxy) is 1. The predicted molar refractivity (Wildman–Crippen MR) is 126 cm³/mol. The number of carbonyl (C=O) groups is 1. The number of benzene rings is 1. The van der Waals surface area contributed by atoms with E-state index in [0.29, 0.717) is 18.9 Å². The van der Waals surface area contributed by atoms with Gasteiger partial charge < -0.3 is 15.0 Å². The zero-order valence-electron chi connectivity index (χ0n) is 18.8.